The first-order chi connectivity index (χ1) is 13.6. The molecule has 3 heterocycles. The number of fused-ring (bicyclic) bond motifs is 1. The molecule has 1 amide bonds. The number of benzene rings is 1. The molecule has 4 rings (SSSR count). The summed E-state index contributed by atoms with van der Waals surface area (Å²) in [5, 5.41) is 0. The number of para-hydroxylation sites is 2. The SMILES string of the molecule is O=C(C1CCN(Cn2c(=S)n(C(F)F)c3ccccc32)CC1)N1CCOCC1. The molecule has 2 aromatic rings. The van der Waals surface area contributed by atoms with Crippen LogP contribution in [-0.4, -0.2) is 64.2 Å². The van der Waals surface area contributed by atoms with Gasteiger partial charge in [-0.05, 0) is 37.2 Å². The minimum atomic E-state index is -2.67. The highest BCUT2D eigenvalue weighted by Gasteiger charge is 2.30. The van der Waals surface area contributed by atoms with Gasteiger partial charge in [-0.25, -0.2) is 0 Å². The predicted octanol–water partition coefficient (Wildman–Crippen LogP) is 3.10. The molecule has 2 saturated heterocycles. The third-order valence-electron chi connectivity index (χ3n) is 5.67. The second kappa shape index (κ2) is 8.26. The van der Waals surface area contributed by atoms with Crippen molar-refractivity contribution in [3.05, 3.63) is 29.0 Å². The van der Waals surface area contributed by atoms with Gasteiger partial charge in [0.2, 0.25) is 5.91 Å². The highest BCUT2D eigenvalue weighted by atomic mass is 32.1. The second-order valence-electron chi connectivity index (χ2n) is 7.32. The molecule has 28 heavy (non-hydrogen) atoms. The fraction of sp³-hybridized carbons (Fsp3) is 0.579. The van der Waals surface area contributed by atoms with Gasteiger partial charge in [0.15, 0.2) is 4.77 Å². The van der Waals surface area contributed by atoms with Gasteiger partial charge in [-0.2, -0.15) is 8.78 Å². The summed E-state index contributed by atoms with van der Waals surface area (Å²) in [7, 11) is 0. The number of morpholine rings is 1. The van der Waals surface area contributed by atoms with Crippen LogP contribution in [0.5, 0.6) is 0 Å². The fourth-order valence-electron chi connectivity index (χ4n) is 4.12. The number of amides is 1. The van der Waals surface area contributed by atoms with Crippen molar-refractivity contribution in [1.82, 2.24) is 18.9 Å². The van der Waals surface area contributed by atoms with Crippen LogP contribution in [0.15, 0.2) is 24.3 Å². The van der Waals surface area contributed by atoms with Crippen LogP contribution in [0.1, 0.15) is 19.4 Å². The number of hydrogen-bond acceptors (Lipinski definition) is 4. The van der Waals surface area contributed by atoms with Gasteiger partial charge < -0.3 is 14.2 Å². The van der Waals surface area contributed by atoms with E-state index in [9.17, 15) is 13.6 Å². The van der Waals surface area contributed by atoms with Crippen molar-refractivity contribution >= 4 is 29.2 Å². The molecule has 6 nitrogen and oxygen atoms in total. The molecule has 2 aliphatic rings. The van der Waals surface area contributed by atoms with Crippen LogP contribution in [0.3, 0.4) is 0 Å². The number of alkyl halides is 2. The maximum Gasteiger partial charge on any atom is 0.321 e. The van der Waals surface area contributed by atoms with Crippen molar-refractivity contribution in [2.75, 3.05) is 39.4 Å². The summed E-state index contributed by atoms with van der Waals surface area (Å²) in [6, 6.07) is 7.06. The smallest absolute Gasteiger partial charge is 0.321 e. The number of piperidine rings is 1. The molecule has 0 spiro atoms. The van der Waals surface area contributed by atoms with Crippen LogP contribution in [0.2, 0.25) is 0 Å². The summed E-state index contributed by atoms with van der Waals surface area (Å²) in [5.74, 6) is 0.249. The minimum absolute atomic E-state index is 0.0322. The molecule has 0 N–H and O–H groups in total. The number of carbonyl (C=O) groups is 1. The van der Waals surface area contributed by atoms with Crippen LogP contribution in [-0.2, 0) is 16.2 Å². The minimum Gasteiger partial charge on any atom is -0.378 e. The van der Waals surface area contributed by atoms with E-state index in [0.717, 1.165) is 30.5 Å². The lowest BCUT2D eigenvalue weighted by Crippen LogP contribution is -2.46. The Kier molecular flexibility index (Phi) is 5.75. The Labute approximate surface area is 167 Å². The summed E-state index contributed by atoms with van der Waals surface area (Å²) in [6.07, 6.45) is 1.55. The lowest BCUT2D eigenvalue weighted by Gasteiger charge is -2.35. The van der Waals surface area contributed by atoms with Gasteiger partial charge in [-0.1, -0.05) is 12.1 Å². The summed E-state index contributed by atoms with van der Waals surface area (Å²) >= 11 is 5.33. The van der Waals surface area contributed by atoms with E-state index in [2.05, 4.69) is 4.90 Å². The number of carbonyl (C=O) groups excluding carboxylic acids is 1. The van der Waals surface area contributed by atoms with Gasteiger partial charge in [0.25, 0.3) is 0 Å². The first kappa shape index (κ1) is 19.5. The number of imidazole rings is 1. The quantitative estimate of drug-likeness (QED) is 0.727. The topological polar surface area (TPSA) is 42.6 Å². The van der Waals surface area contributed by atoms with E-state index in [0.29, 0.717) is 44.0 Å². The van der Waals surface area contributed by atoms with Gasteiger partial charge in [-0.3, -0.25) is 14.3 Å². The lowest BCUT2D eigenvalue weighted by molar-refractivity contribution is -0.141. The van der Waals surface area contributed by atoms with Crippen molar-refractivity contribution in [2.45, 2.75) is 26.1 Å². The molecule has 2 fully saturated rings. The molecule has 9 heteroatoms. The maximum atomic E-state index is 13.5. The molecule has 0 unspecified atom stereocenters. The molecule has 0 bridgehead atoms. The molecular weight excluding hydrogens is 386 g/mol. The Morgan fingerprint density at radius 1 is 1.11 bits per heavy atom. The molecule has 0 saturated carbocycles. The third-order valence-corrected chi connectivity index (χ3v) is 6.08. The molecule has 1 aromatic heterocycles. The summed E-state index contributed by atoms with van der Waals surface area (Å²) in [4.78, 5) is 16.7. The summed E-state index contributed by atoms with van der Waals surface area (Å²) in [5.41, 5.74) is 1.15. The number of rotatable bonds is 4. The van der Waals surface area contributed by atoms with E-state index < -0.39 is 6.55 Å². The number of likely N-dealkylation sites (tertiary alicyclic amines) is 1. The lowest BCUT2D eigenvalue weighted by atomic mass is 9.95. The first-order valence-corrected chi connectivity index (χ1v) is 10.0. The van der Waals surface area contributed by atoms with Crippen LogP contribution in [0.25, 0.3) is 11.0 Å². The van der Waals surface area contributed by atoms with Crippen molar-refractivity contribution < 1.29 is 18.3 Å². The van der Waals surface area contributed by atoms with Gasteiger partial charge >= 0.3 is 6.55 Å². The highest BCUT2D eigenvalue weighted by molar-refractivity contribution is 7.71. The largest absolute Gasteiger partial charge is 0.378 e. The maximum absolute atomic E-state index is 13.5. The third kappa shape index (κ3) is 3.70. The molecular formula is C19H24F2N4O2S. The standard InChI is InChI=1S/C19H24F2N4O2S/c20-18(21)25-16-4-2-1-3-15(16)24(19(25)28)13-22-7-5-14(6-8-22)17(26)23-9-11-27-12-10-23/h1-4,14,18H,5-13H2. The van der Waals surface area contributed by atoms with Gasteiger partial charge in [0.05, 0.1) is 30.9 Å². The monoisotopic (exact) mass is 410 g/mol. The zero-order valence-corrected chi connectivity index (χ0v) is 16.4. The van der Waals surface area contributed by atoms with E-state index in [1.165, 1.54) is 0 Å². The average molecular weight is 410 g/mol. The van der Waals surface area contributed by atoms with Crippen molar-refractivity contribution in [3.63, 3.8) is 0 Å². The van der Waals surface area contributed by atoms with Gasteiger partial charge in [-0.15, -0.1) is 0 Å². The number of hydrogen-bond donors (Lipinski definition) is 0. The van der Waals surface area contributed by atoms with Crippen LogP contribution in [0, 0.1) is 10.7 Å². The molecule has 0 radical (unpaired) electrons. The van der Waals surface area contributed by atoms with Crippen LogP contribution in [0.4, 0.5) is 8.78 Å². The van der Waals surface area contributed by atoms with E-state index in [-0.39, 0.29) is 16.6 Å². The number of ether oxygens (including phenoxy) is 1. The molecule has 0 aliphatic carbocycles. The Hall–Kier alpha value is -1.84. The van der Waals surface area contributed by atoms with E-state index in [1.54, 1.807) is 16.7 Å². The Morgan fingerprint density at radius 2 is 1.75 bits per heavy atom. The Bertz CT molecular complexity index is 899. The zero-order chi connectivity index (χ0) is 19.7. The van der Waals surface area contributed by atoms with E-state index in [4.69, 9.17) is 17.0 Å². The molecule has 0 atom stereocenters. The van der Waals surface area contributed by atoms with Crippen molar-refractivity contribution in [2.24, 2.45) is 5.92 Å². The normalized spacial score (nSPS) is 19.6. The number of aromatic nitrogens is 2. The van der Waals surface area contributed by atoms with Crippen LogP contribution < -0.4 is 0 Å². The summed E-state index contributed by atoms with van der Waals surface area (Å²) in [6.45, 7) is 1.83. The van der Waals surface area contributed by atoms with Gasteiger partial charge in [0.1, 0.15) is 0 Å². The van der Waals surface area contributed by atoms with Crippen LogP contribution >= 0.6 is 12.2 Å². The molecule has 152 valence electrons. The number of nitrogens with zero attached hydrogens (tertiary/aromatic N) is 4. The second-order valence-corrected chi connectivity index (χ2v) is 7.68. The molecule has 1 aromatic carbocycles. The van der Waals surface area contributed by atoms with Crippen molar-refractivity contribution in [3.8, 4) is 0 Å². The highest BCUT2D eigenvalue weighted by Crippen LogP contribution is 2.26. The van der Waals surface area contributed by atoms with Crippen molar-refractivity contribution in [1.29, 1.82) is 0 Å². The predicted molar refractivity (Wildman–Crippen MR) is 104 cm³/mol. The van der Waals surface area contributed by atoms with Gasteiger partial charge in [0, 0.05) is 32.1 Å². The number of halogens is 2. The fourth-order valence-corrected chi connectivity index (χ4v) is 4.45. The summed E-state index contributed by atoms with van der Waals surface area (Å²) < 4.78 is 35.1. The Morgan fingerprint density at radius 3 is 2.39 bits per heavy atom. The van der Waals surface area contributed by atoms with E-state index >= 15 is 0 Å². The average Bonchev–Trinajstić information content (AvgIpc) is 3.00. The van der Waals surface area contributed by atoms with E-state index in [1.807, 2.05) is 17.0 Å². The molecule has 2 aliphatic heterocycles. The zero-order valence-electron chi connectivity index (χ0n) is 15.6. The first-order valence-electron chi connectivity index (χ1n) is 9.63. The Balaban J connectivity index is 1.45.